The summed E-state index contributed by atoms with van der Waals surface area (Å²) < 4.78 is 0. The Labute approximate surface area is 90.5 Å². The topological polar surface area (TPSA) is 17.1 Å². The number of benzene rings is 1. The largest absolute Gasteiger partial charge is 0.303 e. The second-order valence-corrected chi connectivity index (χ2v) is 4.97. The Bertz CT molecular complexity index is 353. The van der Waals surface area contributed by atoms with Crippen LogP contribution in [0.1, 0.15) is 30.7 Å². The number of aldehydes is 1. The molecule has 0 spiro atoms. The number of rotatable bonds is 4. The molecular weight excluding hydrogens is 184 g/mol. The second-order valence-electron chi connectivity index (χ2n) is 4.97. The molecule has 0 radical (unpaired) electrons. The van der Waals surface area contributed by atoms with Crippen LogP contribution < -0.4 is 0 Å². The van der Waals surface area contributed by atoms with E-state index in [-0.39, 0.29) is 5.92 Å². The Hall–Kier alpha value is -1.11. The molecule has 15 heavy (non-hydrogen) atoms. The molecule has 0 bridgehead atoms. The van der Waals surface area contributed by atoms with Gasteiger partial charge in [-0.05, 0) is 42.6 Å². The summed E-state index contributed by atoms with van der Waals surface area (Å²) in [6.07, 6.45) is 5.24. The molecule has 0 heterocycles. The maximum Gasteiger partial charge on any atom is 0.127 e. The zero-order valence-electron chi connectivity index (χ0n) is 8.80. The Morgan fingerprint density at radius 3 is 2.53 bits per heavy atom. The molecule has 0 saturated heterocycles. The summed E-state index contributed by atoms with van der Waals surface area (Å²) >= 11 is 0. The summed E-state index contributed by atoms with van der Waals surface area (Å²) in [5.41, 5.74) is 1.21. The molecule has 1 nitrogen and oxygen atoms in total. The van der Waals surface area contributed by atoms with Crippen LogP contribution in [0.3, 0.4) is 0 Å². The molecule has 78 valence electrons. The molecular formula is C14H16O. The highest BCUT2D eigenvalue weighted by Crippen LogP contribution is 2.58. The predicted molar refractivity (Wildman–Crippen MR) is 59.6 cm³/mol. The van der Waals surface area contributed by atoms with Gasteiger partial charge in [-0.1, -0.05) is 30.3 Å². The van der Waals surface area contributed by atoms with E-state index >= 15 is 0 Å². The third-order valence-electron chi connectivity index (χ3n) is 3.91. The minimum absolute atomic E-state index is 0.164. The van der Waals surface area contributed by atoms with Gasteiger partial charge in [-0.3, -0.25) is 0 Å². The molecule has 2 aliphatic carbocycles. The zero-order chi connectivity index (χ0) is 10.3. The molecule has 3 atom stereocenters. The van der Waals surface area contributed by atoms with Crippen molar-refractivity contribution in [1.82, 2.24) is 0 Å². The molecule has 1 heteroatoms. The van der Waals surface area contributed by atoms with E-state index in [0.29, 0.717) is 5.92 Å². The molecule has 0 aromatic heterocycles. The minimum atomic E-state index is 0.164. The molecule has 2 saturated carbocycles. The number of carbonyl (C=O) groups excluding carboxylic acids is 1. The average molecular weight is 200 g/mol. The first-order valence-corrected chi connectivity index (χ1v) is 5.90. The highest BCUT2D eigenvalue weighted by molar-refractivity contribution is 5.63. The van der Waals surface area contributed by atoms with Crippen LogP contribution in [0, 0.1) is 17.8 Å². The molecule has 3 rings (SSSR count). The van der Waals surface area contributed by atoms with Crippen molar-refractivity contribution in [3.8, 4) is 0 Å². The Kier molecular flexibility index (Phi) is 2.12. The van der Waals surface area contributed by atoms with Gasteiger partial charge in [-0.25, -0.2) is 0 Å². The summed E-state index contributed by atoms with van der Waals surface area (Å²) in [6.45, 7) is 0. The lowest BCUT2D eigenvalue weighted by molar-refractivity contribution is -0.109. The Balaban J connectivity index is 1.75. The van der Waals surface area contributed by atoms with Gasteiger partial charge in [0.1, 0.15) is 6.29 Å². The Morgan fingerprint density at radius 1 is 1.20 bits per heavy atom. The molecule has 1 aromatic carbocycles. The fourth-order valence-electron chi connectivity index (χ4n) is 2.82. The lowest BCUT2D eigenvalue weighted by Gasteiger charge is -2.09. The van der Waals surface area contributed by atoms with E-state index in [4.69, 9.17) is 0 Å². The standard InChI is InChI=1S/C14H16O/c15-9-14(10-4-2-1-3-5-10)13-8-12(13)11-6-7-11/h1-5,9,11-14H,6-8H2. The normalized spacial score (nSPS) is 30.9. The van der Waals surface area contributed by atoms with Gasteiger partial charge in [-0.15, -0.1) is 0 Å². The highest BCUT2D eigenvalue weighted by Gasteiger charge is 2.50. The third kappa shape index (κ3) is 1.71. The molecule has 2 aliphatic rings. The summed E-state index contributed by atoms with van der Waals surface area (Å²) in [6, 6.07) is 10.2. The van der Waals surface area contributed by atoms with Crippen LogP contribution in [0.4, 0.5) is 0 Å². The highest BCUT2D eigenvalue weighted by atomic mass is 16.1. The van der Waals surface area contributed by atoms with Crippen molar-refractivity contribution in [2.45, 2.75) is 25.2 Å². The maximum atomic E-state index is 11.2. The monoisotopic (exact) mass is 200 g/mol. The first-order valence-electron chi connectivity index (χ1n) is 5.90. The van der Waals surface area contributed by atoms with Crippen LogP contribution in [0.5, 0.6) is 0 Å². The van der Waals surface area contributed by atoms with E-state index in [9.17, 15) is 4.79 Å². The van der Waals surface area contributed by atoms with Gasteiger partial charge in [0, 0.05) is 5.92 Å². The van der Waals surface area contributed by atoms with Crippen LogP contribution in [0.2, 0.25) is 0 Å². The summed E-state index contributed by atoms with van der Waals surface area (Å²) in [5.74, 6) is 2.63. The Morgan fingerprint density at radius 2 is 1.93 bits per heavy atom. The summed E-state index contributed by atoms with van der Waals surface area (Å²) in [4.78, 5) is 11.2. The summed E-state index contributed by atoms with van der Waals surface area (Å²) in [5, 5.41) is 0. The third-order valence-corrected chi connectivity index (χ3v) is 3.91. The first-order chi connectivity index (χ1) is 7.40. The van der Waals surface area contributed by atoms with E-state index in [2.05, 4.69) is 12.1 Å². The quantitative estimate of drug-likeness (QED) is 0.683. The second kappa shape index (κ2) is 3.48. The predicted octanol–water partition coefficient (Wildman–Crippen LogP) is 3.02. The van der Waals surface area contributed by atoms with Crippen LogP contribution in [0.25, 0.3) is 0 Å². The average Bonchev–Trinajstić information content (AvgIpc) is 3.14. The van der Waals surface area contributed by atoms with Gasteiger partial charge in [-0.2, -0.15) is 0 Å². The molecule has 2 fully saturated rings. The molecule has 3 unspecified atom stereocenters. The SMILES string of the molecule is O=CC(c1ccccc1)C1CC1C1CC1. The lowest BCUT2D eigenvalue weighted by Crippen LogP contribution is -2.04. The van der Waals surface area contributed by atoms with Crippen LogP contribution in [-0.4, -0.2) is 6.29 Å². The van der Waals surface area contributed by atoms with Crippen molar-refractivity contribution < 1.29 is 4.79 Å². The van der Waals surface area contributed by atoms with Crippen molar-refractivity contribution in [3.05, 3.63) is 35.9 Å². The van der Waals surface area contributed by atoms with Gasteiger partial charge in [0.15, 0.2) is 0 Å². The molecule has 0 amide bonds. The van der Waals surface area contributed by atoms with Crippen molar-refractivity contribution in [3.63, 3.8) is 0 Å². The van der Waals surface area contributed by atoms with Gasteiger partial charge in [0.2, 0.25) is 0 Å². The number of carbonyl (C=O) groups is 1. The molecule has 0 N–H and O–H groups in total. The van der Waals surface area contributed by atoms with Crippen molar-refractivity contribution in [2.75, 3.05) is 0 Å². The maximum absolute atomic E-state index is 11.2. The number of hydrogen-bond donors (Lipinski definition) is 0. The minimum Gasteiger partial charge on any atom is -0.303 e. The van der Waals surface area contributed by atoms with Crippen LogP contribution in [-0.2, 0) is 4.79 Å². The zero-order valence-corrected chi connectivity index (χ0v) is 8.80. The van der Waals surface area contributed by atoms with Crippen molar-refractivity contribution >= 4 is 6.29 Å². The van der Waals surface area contributed by atoms with E-state index in [1.54, 1.807) is 0 Å². The van der Waals surface area contributed by atoms with Gasteiger partial charge < -0.3 is 4.79 Å². The van der Waals surface area contributed by atoms with Crippen LogP contribution in [0.15, 0.2) is 30.3 Å². The van der Waals surface area contributed by atoms with E-state index in [1.165, 1.54) is 24.8 Å². The van der Waals surface area contributed by atoms with Gasteiger partial charge >= 0.3 is 0 Å². The van der Waals surface area contributed by atoms with Gasteiger partial charge in [0.05, 0.1) is 0 Å². The van der Waals surface area contributed by atoms with Gasteiger partial charge in [0.25, 0.3) is 0 Å². The number of hydrogen-bond acceptors (Lipinski definition) is 1. The molecule has 1 aromatic rings. The van der Waals surface area contributed by atoms with E-state index in [0.717, 1.165) is 18.1 Å². The van der Waals surface area contributed by atoms with Crippen molar-refractivity contribution in [1.29, 1.82) is 0 Å². The first kappa shape index (κ1) is 9.14. The van der Waals surface area contributed by atoms with E-state index in [1.807, 2.05) is 18.2 Å². The van der Waals surface area contributed by atoms with Crippen LogP contribution >= 0.6 is 0 Å². The van der Waals surface area contributed by atoms with E-state index < -0.39 is 0 Å². The fraction of sp³-hybridized carbons (Fsp3) is 0.500. The smallest absolute Gasteiger partial charge is 0.127 e. The van der Waals surface area contributed by atoms with Crippen molar-refractivity contribution in [2.24, 2.45) is 17.8 Å². The lowest BCUT2D eigenvalue weighted by atomic mass is 9.94. The molecule has 0 aliphatic heterocycles. The fourth-order valence-corrected chi connectivity index (χ4v) is 2.82. The summed E-state index contributed by atoms with van der Waals surface area (Å²) in [7, 11) is 0.